The molecule has 22 heavy (non-hydrogen) atoms. The number of rotatable bonds is 2. The van der Waals surface area contributed by atoms with Crippen molar-refractivity contribution >= 4 is 11.8 Å². The van der Waals surface area contributed by atoms with Crippen LogP contribution < -0.4 is 4.90 Å². The van der Waals surface area contributed by atoms with Crippen LogP contribution in [0.3, 0.4) is 0 Å². The van der Waals surface area contributed by atoms with Gasteiger partial charge in [-0.05, 0) is 45.0 Å². The SMILES string of the molecule is CN1CCC[C@]2(C(=O)O)CCN(c3ccc(C#N)cn3)C[C@@H]12. The topological polar surface area (TPSA) is 80.5 Å². The van der Waals surface area contributed by atoms with Gasteiger partial charge >= 0.3 is 5.97 Å². The molecule has 2 aliphatic rings. The molecule has 0 bridgehead atoms. The van der Waals surface area contributed by atoms with Crippen molar-refractivity contribution in [1.29, 1.82) is 5.26 Å². The van der Waals surface area contributed by atoms with Crippen LogP contribution >= 0.6 is 0 Å². The van der Waals surface area contributed by atoms with Gasteiger partial charge in [0.15, 0.2) is 0 Å². The second-order valence-corrected chi connectivity index (χ2v) is 6.27. The Bertz CT molecular complexity index is 610. The van der Waals surface area contributed by atoms with Crippen molar-refractivity contribution in [2.45, 2.75) is 25.3 Å². The van der Waals surface area contributed by atoms with Gasteiger partial charge < -0.3 is 14.9 Å². The number of anilines is 1. The van der Waals surface area contributed by atoms with Crippen molar-refractivity contribution in [3.63, 3.8) is 0 Å². The number of carboxylic acid groups (broad SMARTS) is 1. The molecular formula is C16H20N4O2. The number of nitrogens with zero attached hydrogens (tertiary/aromatic N) is 4. The van der Waals surface area contributed by atoms with Crippen LogP contribution in [0.15, 0.2) is 18.3 Å². The smallest absolute Gasteiger partial charge is 0.311 e. The summed E-state index contributed by atoms with van der Waals surface area (Å²) in [6.07, 6.45) is 3.90. The minimum Gasteiger partial charge on any atom is -0.481 e. The van der Waals surface area contributed by atoms with Crippen molar-refractivity contribution in [1.82, 2.24) is 9.88 Å². The number of hydrogen-bond acceptors (Lipinski definition) is 5. The third-order valence-electron chi connectivity index (χ3n) is 5.15. The lowest BCUT2D eigenvalue weighted by atomic mass is 9.68. The lowest BCUT2D eigenvalue weighted by molar-refractivity contribution is -0.158. The maximum Gasteiger partial charge on any atom is 0.311 e. The highest BCUT2D eigenvalue weighted by atomic mass is 16.4. The highest BCUT2D eigenvalue weighted by molar-refractivity contribution is 5.76. The molecule has 0 aromatic carbocycles. The number of likely N-dealkylation sites (tertiary alicyclic amines) is 1. The Morgan fingerprint density at radius 2 is 2.27 bits per heavy atom. The molecule has 6 nitrogen and oxygen atoms in total. The molecule has 2 atom stereocenters. The van der Waals surface area contributed by atoms with E-state index in [1.807, 2.05) is 13.1 Å². The van der Waals surface area contributed by atoms with Gasteiger partial charge in [-0.1, -0.05) is 0 Å². The Hall–Kier alpha value is -2.13. The van der Waals surface area contributed by atoms with Gasteiger partial charge in [0.1, 0.15) is 11.9 Å². The minimum atomic E-state index is -0.670. The van der Waals surface area contributed by atoms with E-state index in [0.717, 1.165) is 25.2 Å². The number of piperidine rings is 2. The van der Waals surface area contributed by atoms with Gasteiger partial charge in [0.25, 0.3) is 0 Å². The van der Waals surface area contributed by atoms with E-state index in [-0.39, 0.29) is 6.04 Å². The molecule has 0 aliphatic carbocycles. The summed E-state index contributed by atoms with van der Waals surface area (Å²) in [5.41, 5.74) is -0.0914. The molecule has 116 valence electrons. The highest BCUT2D eigenvalue weighted by Crippen LogP contribution is 2.42. The Kier molecular flexibility index (Phi) is 3.75. The number of likely N-dealkylation sites (N-methyl/N-ethyl adjacent to an activating group) is 1. The van der Waals surface area contributed by atoms with Crippen LogP contribution in [0.2, 0.25) is 0 Å². The molecule has 3 rings (SSSR count). The molecule has 2 fully saturated rings. The number of nitriles is 1. The van der Waals surface area contributed by atoms with Crippen LogP contribution in [-0.2, 0) is 4.79 Å². The lowest BCUT2D eigenvalue weighted by Crippen LogP contribution is -2.63. The molecular weight excluding hydrogens is 280 g/mol. The zero-order chi connectivity index (χ0) is 15.7. The van der Waals surface area contributed by atoms with E-state index < -0.39 is 11.4 Å². The van der Waals surface area contributed by atoms with Crippen LogP contribution in [0.25, 0.3) is 0 Å². The summed E-state index contributed by atoms with van der Waals surface area (Å²) in [7, 11) is 2.01. The first-order valence-corrected chi connectivity index (χ1v) is 7.61. The predicted octanol–water partition coefficient (Wildman–Crippen LogP) is 1.33. The Morgan fingerprint density at radius 3 is 2.91 bits per heavy atom. The normalized spacial score (nSPS) is 28.7. The molecule has 1 aromatic heterocycles. The predicted molar refractivity (Wildman–Crippen MR) is 81.5 cm³/mol. The number of aliphatic carboxylic acids is 1. The fourth-order valence-corrected chi connectivity index (χ4v) is 3.83. The summed E-state index contributed by atoms with van der Waals surface area (Å²) < 4.78 is 0. The van der Waals surface area contributed by atoms with Crippen molar-refractivity contribution in [3.8, 4) is 6.07 Å². The third kappa shape index (κ3) is 2.32. The van der Waals surface area contributed by atoms with Crippen molar-refractivity contribution in [3.05, 3.63) is 23.9 Å². The van der Waals surface area contributed by atoms with Crippen molar-refractivity contribution in [2.24, 2.45) is 5.41 Å². The Morgan fingerprint density at radius 1 is 1.45 bits per heavy atom. The fraction of sp³-hybridized carbons (Fsp3) is 0.562. The summed E-state index contributed by atoms with van der Waals surface area (Å²) in [5, 5.41) is 18.6. The van der Waals surface area contributed by atoms with E-state index in [2.05, 4.69) is 20.9 Å². The van der Waals surface area contributed by atoms with Crippen LogP contribution in [-0.4, -0.2) is 53.7 Å². The quantitative estimate of drug-likeness (QED) is 0.887. The maximum atomic E-state index is 11.9. The van der Waals surface area contributed by atoms with E-state index in [9.17, 15) is 9.90 Å². The second-order valence-electron chi connectivity index (χ2n) is 6.27. The van der Waals surface area contributed by atoms with Crippen LogP contribution in [0.1, 0.15) is 24.8 Å². The molecule has 0 spiro atoms. The zero-order valence-corrected chi connectivity index (χ0v) is 12.7. The van der Waals surface area contributed by atoms with E-state index in [1.165, 1.54) is 0 Å². The standard InChI is InChI=1S/C16H20N4O2/c1-19-7-2-5-16(15(21)22)6-8-20(11-13(16)19)14-4-3-12(9-17)10-18-14/h3-4,10,13H,2,5-8,11H2,1H3,(H,21,22)/t13-,16+/m1/s1. The highest BCUT2D eigenvalue weighted by Gasteiger charge is 2.52. The monoisotopic (exact) mass is 300 g/mol. The van der Waals surface area contributed by atoms with Gasteiger partial charge in [-0.2, -0.15) is 5.26 Å². The summed E-state index contributed by atoms with van der Waals surface area (Å²) in [6, 6.07) is 5.67. The second kappa shape index (κ2) is 5.58. The van der Waals surface area contributed by atoms with Crippen LogP contribution in [0.4, 0.5) is 5.82 Å². The number of fused-ring (bicyclic) bond motifs is 1. The summed E-state index contributed by atoms with van der Waals surface area (Å²) >= 11 is 0. The molecule has 2 saturated heterocycles. The third-order valence-corrected chi connectivity index (χ3v) is 5.15. The van der Waals surface area contributed by atoms with Crippen molar-refractivity contribution < 1.29 is 9.90 Å². The summed E-state index contributed by atoms with van der Waals surface area (Å²) in [6.45, 7) is 2.30. The van der Waals surface area contributed by atoms with E-state index in [0.29, 0.717) is 25.1 Å². The largest absolute Gasteiger partial charge is 0.481 e. The number of aromatic nitrogens is 1. The van der Waals surface area contributed by atoms with Crippen molar-refractivity contribution in [2.75, 3.05) is 31.6 Å². The lowest BCUT2D eigenvalue weighted by Gasteiger charge is -2.52. The Balaban J connectivity index is 1.84. The first-order valence-electron chi connectivity index (χ1n) is 7.61. The van der Waals surface area contributed by atoms with Gasteiger partial charge in [-0.25, -0.2) is 4.98 Å². The first kappa shape index (κ1) is 14.8. The minimum absolute atomic E-state index is 0.00458. The zero-order valence-electron chi connectivity index (χ0n) is 12.7. The Labute approximate surface area is 130 Å². The summed E-state index contributed by atoms with van der Waals surface area (Å²) in [5.74, 6) is 0.147. The molecule has 0 saturated carbocycles. The van der Waals surface area contributed by atoms with E-state index in [4.69, 9.17) is 5.26 Å². The summed E-state index contributed by atoms with van der Waals surface area (Å²) in [4.78, 5) is 20.5. The molecule has 2 aliphatic heterocycles. The maximum absolute atomic E-state index is 11.9. The molecule has 0 amide bonds. The molecule has 1 aromatic rings. The van der Waals surface area contributed by atoms with Crippen LogP contribution in [0, 0.1) is 16.7 Å². The van der Waals surface area contributed by atoms with Gasteiger partial charge in [0.05, 0.1) is 11.0 Å². The molecule has 0 unspecified atom stereocenters. The number of hydrogen-bond donors (Lipinski definition) is 1. The first-order chi connectivity index (χ1) is 10.6. The fourth-order valence-electron chi connectivity index (χ4n) is 3.83. The van der Waals surface area contributed by atoms with Gasteiger partial charge in [-0.3, -0.25) is 4.79 Å². The molecule has 6 heteroatoms. The van der Waals surface area contributed by atoms with Crippen LogP contribution in [0.5, 0.6) is 0 Å². The van der Waals surface area contributed by atoms with E-state index in [1.54, 1.807) is 12.3 Å². The molecule has 3 heterocycles. The van der Waals surface area contributed by atoms with Gasteiger partial charge in [0.2, 0.25) is 0 Å². The molecule has 0 radical (unpaired) electrons. The average Bonchev–Trinajstić information content (AvgIpc) is 2.55. The van der Waals surface area contributed by atoms with Gasteiger partial charge in [0, 0.05) is 25.3 Å². The number of pyridine rings is 1. The molecule has 1 N–H and O–H groups in total. The van der Waals surface area contributed by atoms with Gasteiger partial charge in [-0.15, -0.1) is 0 Å². The van der Waals surface area contributed by atoms with E-state index >= 15 is 0 Å². The number of carboxylic acids is 1. The number of carbonyl (C=O) groups is 1. The average molecular weight is 300 g/mol.